The summed E-state index contributed by atoms with van der Waals surface area (Å²) >= 11 is 1.81. The van der Waals surface area contributed by atoms with E-state index in [2.05, 4.69) is 66.2 Å². The van der Waals surface area contributed by atoms with E-state index >= 15 is 0 Å². The molecule has 0 aromatic heterocycles. The third kappa shape index (κ3) is 2.45. The zero-order chi connectivity index (χ0) is 17.2. The van der Waals surface area contributed by atoms with Gasteiger partial charge in [-0.2, -0.15) is 0 Å². The van der Waals surface area contributed by atoms with Crippen LogP contribution in [-0.2, 0) is 4.79 Å². The minimum atomic E-state index is -0.126. The number of hydrogen-bond acceptors (Lipinski definition) is 4. The van der Waals surface area contributed by atoms with Crippen LogP contribution in [0, 0.1) is 0 Å². The summed E-state index contributed by atoms with van der Waals surface area (Å²) in [6.07, 6.45) is 6.27. The molecule has 7 aliphatic rings. The summed E-state index contributed by atoms with van der Waals surface area (Å²) < 4.78 is 0. The van der Waals surface area contributed by atoms with Crippen LogP contribution in [0.3, 0.4) is 0 Å². The van der Waals surface area contributed by atoms with Crippen LogP contribution in [0.4, 0.5) is 0 Å². The summed E-state index contributed by atoms with van der Waals surface area (Å²) in [5.41, 5.74) is 4.80. The van der Waals surface area contributed by atoms with Gasteiger partial charge in [-0.15, -0.1) is 0 Å². The van der Waals surface area contributed by atoms with Gasteiger partial charge in [0.25, 0.3) is 0 Å². The fourth-order valence-electron chi connectivity index (χ4n) is 4.05. The molecule has 0 radical (unpaired) electrons. The first-order valence-corrected chi connectivity index (χ1v) is 9.67. The van der Waals surface area contributed by atoms with Crippen molar-refractivity contribution in [3.63, 3.8) is 0 Å². The van der Waals surface area contributed by atoms with E-state index in [9.17, 15) is 4.79 Å². The van der Waals surface area contributed by atoms with Gasteiger partial charge in [-0.1, -0.05) is 42.1 Å². The maximum atomic E-state index is 12.8. The number of hydrogen-bond donors (Lipinski definition) is 3. The number of carbonyl (C=O) groups excluding carboxylic acids is 1. The monoisotopic (exact) mass is 351 g/mol. The van der Waals surface area contributed by atoms with E-state index in [1.165, 1.54) is 16.0 Å². The smallest absolute Gasteiger partial charge is 0.242 e. The van der Waals surface area contributed by atoms with Gasteiger partial charge in [0.2, 0.25) is 5.91 Å². The second-order valence-electron chi connectivity index (χ2n) is 7.73. The van der Waals surface area contributed by atoms with Crippen LogP contribution in [0.25, 0.3) is 10.5 Å². The molecule has 1 aromatic carbocycles. The van der Waals surface area contributed by atoms with Gasteiger partial charge in [0.15, 0.2) is 0 Å². The van der Waals surface area contributed by atoms with Crippen molar-refractivity contribution >= 4 is 28.1 Å². The van der Waals surface area contributed by atoms with Crippen molar-refractivity contribution in [2.75, 3.05) is 0 Å². The molecule has 1 unspecified atom stereocenters. The molecular weight excluding hydrogens is 330 g/mol. The first-order valence-electron chi connectivity index (χ1n) is 8.79. The Morgan fingerprint density at radius 2 is 1.96 bits per heavy atom. The van der Waals surface area contributed by atoms with Gasteiger partial charge in [-0.05, 0) is 49.5 Å². The highest BCUT2D eigenvalue weighted by atomic mass is 32.2. The Kier molecular flexibility index (Phi) is 3.21. The zero-order valence-corrected chi connectivity index (χ0v) is 15.2. The average molecular weight is 351 g/mol. The molecule has 1 amide bonds. The molecule has 4 nitrogen and oxygen atoms in total. The SMILES string of the molecule is CC1(C)CC[C@@H](C(=O)NC2=C3C4=CC=C(SC4N2)c2ccc3cc2)N1. The highest BCUT2D eigenvalue weighted by molar-refractivity contribution is 8.09. The third-order valence-electron chi connectivity index (χ3n) is 5.40. The van der Waals surface area contributed by atoms with Crippen LogP contribution in [-0.4, -0.2) is 22.9 Å². The normalized spacial score (nSPS) is 28.1. The molecule has 0 spiro atoms. The van der Waals surface area contributed by atoms with E-state index < -0.39 is 0 Å². The van der Waals surface area contributed by atoms with Crippen molar-refractivity contribution in [2.24, 2.45) is 0 Å². The molecule has 6 bridgehead atoms. The van der Waals surface area contributed by atoms with Gasteiger partial charge in [0.05, 0.1) is 6.04 Å². The van der Waals surface area contributed by atoms with Gasteiger partial charge >= 0.3 is 0 Å². The third-order valence-corrected chi connectivity index (χ3v) is 6.63. The van der Waals surface area contributed by atoms with E-state index in [4.69, 9.17) is 0 Å². The van der Waals surface area contributed by atoms with Crippen molar-refractivity contribution in [1.82, 2.24) is 16.0 Å². The molecule has 2 aliphatic carbocycles. The molecule has 3 N–H and O–H groups in total. The van der Waals surface area contributed by atoms with Gasteiger partial charge in [0, 0.05) is 16.0 Å². The van der Waals surface area contributed by atoms with Crippen LogP contribution in [0.5, 0.6) is 0 Å². The van der Waals surface area contributed by atoms with Crippen LogP contribution < -0.4 is 16.0 Å². The lowest BCUT2D eigenvalue weighted by Gasteiger charge is -2.21. The van der Waals surface area contributed by atoms with Crippen molar-refractivity contribution in [1.29, 1.82) is 0 Å². The van der Waals surface area contributed by atoms with E-state index in [0.29, 0.717) is 0 Å². The summed E-state index contributed by atoms with van der Waals surface area (Å²) in [5, 5.41) is 10.3. The van der Waals surface area contributed by atoms with Crippen molar-refractivity contribution in [3.8, 4) is 0 Å². The number of allylic oxidation sites excluding steroid dienone is 2. The van der Waals surface area contributed by atoms with Gasteiger partial charge in [-0.3, -0.25) is 4.79 Å². The number of benzene rings is 1. The molecule has 5 heteroatoms. The lowest BCUT2D eigenvalue weighted by Crippen LogP contribution is -2.47. The summed E-state index contributed by atoms with van der Waals surface area (Å²) in [7, 11) is 0. The molecule has 128 valence electrons. The predicted octanol–water partition coefficient (Wildman–Crippen LogP) is 2.96. The maximum absolute atomic E-state index is 12.8. The standard InChI is InChI=1S/C20H21N3OS/c1-20(2)10-9-14(23-20)18(24)21-17-16-12-5-3-11(4-6-12)15-8-7-13(16)19(22-17)25-15/h3-8,14,19,22-23H,9-10H2,1-2H3,(H,21,24)/t14-,19?/m0/s1. The van der Waals surface area contributed by atoms with Crippen LogP contribution in [0.15, 0.2) is 47.8 Å². The fourth-order valence-corrected chi connectivity index (χ4v) is 5.23. The van der Waals surface area contributed by atoms with Crippen LogP contribution in [0.1, 0.15) is 37.8 Å². The molecular formula is C20H21N3OS. The second kappa shape index (κ2) is 5.26. The highest BCUT2D eigenvalue weighted by Crippen LogP contribution is 2.47. The molecule has 1 fully saturated rings. The van der Waals surface area contributed by atoms with Crippen LogP contribution in [0.2, 0.25) is 0 Å². The fraction of sp³-hybridized carbons (Fsp3) is 0.350. The highest BCUT2D eigenvalue weighted by Gasteiger charge is 2.38. The summed E-state index contributed by atoms with van der Waals surface area (Å²) in [6.45, 7) is 4.30. The summed E-state index contributed by atoms with van der Waals surface area (Å²) in [4.78, 5) is 14.1. The maximum Gasteiger partial charge on any atom is 0.242 e. The second-order valence-corrected chi connectivity index (χ2v) is 8.88. The Morgan fingerprint density at radius 3 is 2.68 bits per heavy atom. The number of amides is 1. The number of nitrogens with one attached hydrogen (secondary N) is 3. The van der Waals surface area contributed by atoms with Gasteiger partial charge < -0.3 is 16.0 Å². The average Bonchev–Trinajstić information content (AvgIpc) is 3.18. The number of rotatable bonds is 2. The largest absolute Gasteiger partial charge is 0.355 e. The number of thioether (sulfide) groups is 1. The molecule has 25 heavy (non-hydrogen) atoms. The van der Waals surface area contributed by atoms with Crippen molar-refractivity contribution in [2.45, 2.75) is 43.6 Å². The van der Waals surface area contributed by atoms with Gasteiger partial charge in [0.1, 0.15) is 11.2 Å². The predicted molar refractivity (Wildman–Crippen MR) is 102 cm³/mol. The molecule has 1 aromatic rings. The molecule has 2 atom stereocenters. The van der Waals surface area contributed by atoms with Crippen molar-refractivity contribution < 1.29 is 4.79 Å². The molecule has 1 saturated heterocycles. The Balaban J connectivity index is 1.50. The van der Waals surface area contributed by atoms with E-state index in [1.54, 1.807) is 0 Å². The van der Waals surface area contributed by atoms with Crippen molar-refractivity contribution in [3.05, 3.63) is 58.9 Å². The Hall–Kier alpha value is -1.98. The summed E-state index contributed by atoms with van der Waals surface area (Å²) in [6, 6.07) is 8.50. The quantitative estimate of drug-likeness (QED) is 0.767. The minimum Gasteiger partial charge on any atom is -0.355 e. The Morgan fingerprint density at radius 1 is 1.20 bits per heavy atom. The topological polar surface area (TPSA) is 53.2 Å². The van der Waals surface area contributed by atoms with Crippen LogP contribution >= 0.6 is 11.8 Å². The molecule has 5 heterocycles. The molecule has 5 aliphatic heterocycles. The first-order chi connectivity index (χ1) is 12.0. The zero-order valence-electron chi connectivity index (χ0n) is 14.3. The van der Waals surface area contributed by atoms with E-state index in [0.717, 1.165) is 29.8 Å². The summed E-state index contributed by atoms with van der Waals surface area (Å²) in [5.74, 6) is 0.890. The minimum absolute atomic E-state index is 0.0319. The van der Waals surface area contributed by atoms with E-state index in [-0.39, 0.29) is 22.9 Å². The Bertz CT molecular complexity index is 863. The van der Waals surface area contributed by atoms with E-state index in [1.807, 2.05) is 11.8 Å². The lowest BCUT2D eigenvalue weighted by atomic mass is 9.99. The Labute approximate surface area is 151 Å². The first kappa shape index (κ1) is 15.3. The number of carbonyl (C=O) groups is 1. The molecule has 0 saturated carbocycles. The van der Waals surface area contributed by atoms with Gasteiger partial charge in [-0.25, -0.2) is 0 Å². The lowest BCUT2D eigenvalue weighted by molar-refractivity contribution is -0.122. The molecule has 8 rings (SSSR count).